The van der Waals surface area contributed by atoms with Crippen molar-refractivity contribution in [1.82, 2.24) is 24.6 Å². The van der Waals surface area contributed by atoms with Gasteiger partial charge in [-0.25, -0.2) is 4.98 Å². The summed E-state index contributed by atoms with van der Waals surface area (Å²) in [6.07, 6.45) is 9.45. The highest BCUT2D eigenvalue weighted by molar-refractivity contribution is 7.98. The van der Waals surface area contributed by atoms with E-state index in [0.29, 0.717) is 38.9 Å². The molecule has 1 aromatic rings. The Labute approximate surface area is 170 Å². The third-order valence-corrected chi connectivity index (χ3v) is 6.79. The Morgan fingerprint density at radius 2 is 2.11 bits per heavy atom. The van der Waals surface area contributed by atoms with E-state index >= 15 is 0 Å². The molecular formula is C19H31N5O3S. The van der Waals surface area contributed by atoms with Crippen LogP contribution in [-0.4, -0.2) is 85.8 Å². The van der Waals surface area contributed by atoms with E-state index in [1.54, 1.807) is 22.8 Å². The van der Waals surface area contributed by atoms with Crippen molar-refractivity contribution in [2.24, 2.45) is 5.41 Å². The third kappa shape index (κ3) is 4.68. The molecule has 156 valence electrons. The number of thioether (sulfide) groups is 1. The van der Waals surface area contributed by atoms with Gasteiger partial charge in [-0.1, -0.05) is 0 Å². The summed E-state index contributed by atoms with van der Waals surface area (Å²) >= 11 is 1.67. The van der Waals surface area contributed by atoms with E-state index in [1.807, 2.05) is 16.1 Å². The van der Waals surface area contributed by atoms with Crippen LogP contribution in [-0.2, 0) is 16.1 Å². The average molecular weight is 410 g/mol. The molecular weight excluding hydrogens is 378 g/mol. The van der Waals surface area contributed by atoms with Gasteiger partial charge < -0.3 is 14.9 Å². The van der Waals surface area contributed by atoms with Gasteiger partial charge >= 0.3 is 0 Å². The van der Waals surface area contributed by atoms with Crippen LogP contribution >= 0.6 is 11.8 Å². The molecule has 1 N–H and O–H groups in total. The van der Waals surface area contributed by atoms with Gasteiger partial charge in [0.1, 0.15) is 12.7 Å². The predicted octanol–water partition coefficient (Wildman–Crippen LogP) is 1.01. The number of fused-ring (bicyclic) bond motifs is 1. The van der Waals surface area contributed by atoms with Crippen molar-refractivity contribution in [2.45, 2.75) is 51.1 Å². The van der Waals surface area contributed by atoms with Crippen LogP contribution in [0.4, 0.5) is 0 Å². The molecule has 0 aliphatic carbocycles. The summed E-state index contributed by atoms with van der Waals surface area (Å²) in [6, 6.07) is -0.0754. The molecule has 2 aliphatic rings. The van der Waals surface area contributed by atoms with Crippen molar-refractivity contribution in [1.29, 1.82) is 0 Å². The number of nitrogens with zero attached hydrogens (tertiary/aromatic N) is 5. The van der Waals surface area contributed by atoms with Crippen molar-refractivity contribution < 1.29 is 14.7 Å². The van der Waals surface area contributed by atoms with Gasteiger partial charge in [-0.05, 0) is 31.9 Å². The number of piperidine rings is 2. The van der Waals surface area contributed by atoms with E-state index in [2.05, 4.69) is 10.1 Å². The zero-order chi connectivity index (χ0) is 20.0. The van der Waals surface area contributed by atoms with Gasteiger partial charge in [0, 0.05) is 50.2 Å². The number of likely N-dealkylation sites (tertiary alicyclic amines) is 2. The van der Waals surface area contributed by atoms with Crippen LogP contribution < -0.4 is 0 Å². The van der Waals surface area contributed by atoms with Crippen molar-refractivity contribution >= 4 is 23.6 Å². The summed E-state index contributed by atoms with van der Waals surface area (Å²) in [4.78, 5) is 33.3. The summed E-state index contributed by atoms with van der Waals surface area (Å²) < 4.78 is 1.73. The fourth-order valence-corrected chi connectivity index (χ4v) is 4.89. The van der Waals surface area contributed by atoms with Crippen LogP contribution in [0, 0.1) is 5.41 Å². The van der Waals surface area contributed by atoms with E-state index in [4.69, 9.17) is 0 Å². The summed E-state index contributed by atoms with van der Waals surface area (Å²) in [5, 5.41) is 14.2. The van der Waals surface area contributed by atoms with Crippen LogP contribution in [0.2, 0.25) is 0 Å². The first-order valence-electron chi connectivity index (χ1n) is 10.1. The molecule has 3 heterocycles. The first-order valence-corrected chi connectivity index (χ1v) is 11.5. The number of carbonyl (C=O) groups excluding carboxylic acids is 2. The number of aryl methyl sites for hydroxylation is 1. The Morgan fingerprint density at radius 3 is 2.82 bits per heavy atom. The fourth-order valence-electron chi connectivity index (χ4n) is 4.52. The molecule has 8 nitrogen and oxygen atoms in total. The molecule has 0 unspecified atom stereocenters. The first kappa shape index (κ1) is 21.1. The van der Waals surface area contributed by atoms with Gasteiger partial charge in [-0.2, -0.15) is 16.9 Å². The number of aliphatic hydroxyl groups is 1. The second kappa shape index (κ2) is 9.73. The highest BCUT2D eigenvalue weighted by atomic mass is 32.2. The molecule has 2 amide bonds. The Hall–Kier alpha value is -1.61. The predicted molar refractivity (Wildman–Crippen MR) is 108 cm³/mol. The van der Waals surface area contributed by atoms with E-state index in [9.17, 15) is 14.7 Å². The lowest BCUT2D eigenvalue weighted by molar-refractivity contribution is -0.153. The number of aliphatic hydroxyl groups excluding tert-OH is 1. The highest BCUT2D eigenvalue weighted by Gasteiger charge is 2.49. The van der Waals surface area contributed by atoms with Gasteiger partial charge in [0.2, 0.25) is 11.8 Å². The zero-order valence-corrected chi connectivity index (χ0v) is 17.4. The normalized spacial score (nSPS) is 24.9. The Morgan fingerprint density at radius 1 is 1.25 bits per heavy atom. The lowest BCUT2D eigenvalue weighted by Gasteiger charge is -2.54. The molecule has 2 atom stereocenters. The first-order chi connectivity index (χ1) is 13.6. The lowest BCUT2D eigenvalue weighted by Crippen LogP contribution is -2.64. The van der Waals surface area contributed by atoms with E-state index in [1.165, 1.54) is 6.33 Å². The molecule has 0 bridgehead atoms. The summed E-state index contributed by atoms with van der Waals surface area (Å²) in [6.45, 7) is 2.68. The standard InChI is InChI=1S/C19H31N5O3S/c1-28-11-5-18(27)24-9-3-6-19(13-25)7-10-22(12-16(19)24)17(26)4-2-8-23-15-20-14-21-23/h14-16,25H,2-13H2,1H3/t16-,19-/m0/s1. The van der Waals surface area contributed by atoms with Crippen molar-refractivity contribution in [2.75, 3.05) is 38.2 Å². The summed E-state index contributed by atoms with van der Waals surface area (Å²) in [7, 11) is 0. The van der Waals surface area contributed by atoms with Crippen LogP contribution in [0.5, 0.6) is 0 Å². The zero-order valence-electron chi connectivity index (χ0n) is 16.6. The number of hydrogen-bond donors (Lipinski definition) is 1. The number of aromatic nitrogens is 3. The maximum atomic E-state index is 12.8. The number of rotatable bonds is 8. The van der Waals surface area contributed by atoms with Gasteiger partial charge in [-0.15, -0.1) is 0 Å². The average Bonchev–Trinajstić information content (AvgIpc) is 3.24. The van der Waals surface area contributed by atoms with E-state index < -0.39 is 0 Å². The SMILES string of the molecule is CSCCC(=O)N1CCC[C@@]2(CO)CCN(C(=O)CCCn3cncn3)C[C@H]12. The lowest BCUT2D eigenvalue weighted by atomic mass is 9.68. The molecule has 0 aromatic carbocycles. The minimum atomic E-state index is -0.259. The van der Waals surface area contributed by atoms with Crippen molar-refractivity contribution in [3.05, 3.63) is 12.7 Å². The molecule has 0 saturated carbocycles. The Balaban J connectivity index is 1.61. The number of amides is 2. The second-order valence-corrected chi connectivity index (χ2v) is 8.81. The Bertz CT molecular complexity index is 656. The largest absolute Gasteiger partial charge is 0.396 e. The maximum absolute atomic E-state index is 12.8. The van der Waals surface area contributed by atoms with Crippen LogP contribution in [0.3, 0.4) is 0 Å². The van der Waals surface area contributed by atoms with Crippen LogP contribution in [0.15, 0.2) is 12.7 Å². The van der Waals surface area contributed by atoms with Crippen LogP contribution in [0.25, 0.3) is 0 Å². The topological polar surface area (TPSA) is 91.6 Å². The molecule has 9 heteroatoms. The van der Waals surface area contributed by atoms with E-state index in [0.717, 1.165) is 31.6 Å². The van der Waals surface area contributed by atoms with Crippen LogP contribution in [0.1, 0.15) is 38.5 Å². The van der Waals surface area contributed by atoms with Gasteiger partial charge in [0.05, 0.1) is 12.6 Å². The van der Waals surface area contributed by atoms with Crippen molar-refractivity contribution in [3.8, 4) is 0 Å². The molecule has 3 rings (SSSR count). The molecule has 0 radical (unpaired) electrons. The quantitative estimate of drug-likeness (QED) is 0.689. The molecule has 2 fully saturated rings. The molecule has 2 saturated heterocycles. The Kier molecular flexibility index (Phi) is 7.34. The molecule has 2 aliphatic heterocycles. The monoisotopic (exact) mass is 409 g/mol. The third-order valence-electron chi connectivity index (χ3n) is 6.18. The summed E-state index contributed by atoms with van der Waals surface area (Å²) in [5.74, 6) is 1.07. The van der Waals surface area contributed by atoms with Crippen molar-refractivity contribution in [3.63, 3.8) is 0 Å². The van der Waals surface area contributed by atoms with Gasteiger partial charge in [-0.3, -0.25) is 14.3 Å². The van der Waals surface area contributed by atoms with E-state index in [-0.39, 0.29) is 29.9 Å². The van der Waals surface area contributed by atoms with Gasteiger partial charge in [0.15, 0.2) is 0 Å². The molecule has 28 heavy (non-hydrogen) atoms. The maximum Gasteiger partial charge on any atom is 0.223 e. The minimum Gasteiger partial charge on any atom is -0.396 e. The smallest absolute Gasteiger partial charge is 0.223 e. The number of carbonyl (C=O) groups is 2. The molecule has 0 spiro atoms. The molecule has 1 aromatic heterocycles. The summed E-state index contributed by atoms with van der Waals surface area (Å²) in [5.41, 5.74) is -0.259. The fraction of sp³-hybridized carbons (Fsp3) is 0.789. The number of hydrogen-bond acceptors (Lipinski definition) is 6. The highest BCUT2D eigenvalue weighted by Crippen LogP contribution is 2.42. The minimum absolute atomic E-state index is 0.0754. The second-order valence-electron chi connectivity index (χ2n) is 7.82. The van der Waals surface area contributed by atoms with Gasteiger partial charge in [0.25, 0.3) is 0 Å².